The van der Waals surface area contributed by atoms with Crippen LogP contribution in [0.5, 0.6) is 0 Å². The van der Waals surface area contributed by atoms with Crippen molar-refractivity contribution in [2.24, 2.45) is 11.3 Å². The summed E-state index contributed by atoms with van der Waals surface area (Å²) in [5.74, 6) is -1.89. The second-order valence-electron chi connectivity index (χ2n) is 3.78. The number of carboxylic acid groups (broad SMARTS) is 1. The van der Waals surface area contributed by atoms with E-state index in [1.807, 2.05) is 20.8 Å². The molecule has 1 unspecified atom stereocenters. The number of nitrogens with zero attached hydrogens (tertiary/aromatic N) is 1. The summed E-state index contributed by atoms with van der Waals surface area (Å²) in [6.45, 7) is 5.75. The van der Waals surface area contributed by atoms with Gasteiger partial charge in [0.1, 0.15) is 5.92 Å². The van der Waals surface area contributed by atoms with Gasteiger partial charge in [-0.1, -0.05) is 20.8 Å². The van der Waals surface area contributed by atoms with Crippen LogP contribution in [0, 0.1) is 22.7 Å². The van der Waals surface area contributed by atoms with Crippen LogP contribution in [-0.2, 0) is 4.79 Å². The number of hydrogen-bond donors (Lipinski definition) is 1. The highest BCUT2D eigenvalue weighted by Gasteiger charge is 2.23. The van der Waals surface area contributed by atoms with Gasteiger partial charge in [-0.15, -0.1) is 0 Å². The highest BCUT2D eigenvalue weighted by atomic mass is 16.4. The van der Waals surface area contributed by atoms with E-state index in [2.05, 4.69) is 0 Å². The molecular weight excluding hydrogens is 142 g/mol. The first-order chi connectivity index (χ1) is 4.87. The van der Waals surface area contributed by atoms with Crippen molar-refractivity contribution in [3.05, 3.63) is 0 Å². The fraction of sp³-hybridized carbons (Fsp3) is 0.750. The number of carbonyl (C=O) groups is 1. The smallest absolute Gasteiger partial charge is 0.320 e. The van der Waals surface area contributed by atoms with E-state index < -0.39 is 11.9 Å². The molecule has 3 heteroatoms. The zero-order chi connectivity index (χ0) is 9.07. The van der Waals surface area contributed by atoms with Crippen LogP contribution in [0.4, 0.5) is 0 Å². The maximum Gasteiger partial charge on any atom is 0.320 e. The largest absolute Gasteiger partial charge is 0.480 e. The van der Waals surface area contributed by atoms with E-state index in [4.69, 9.17) is 10.4 Å². The van der Waals surface area contributed by atoms with Gasteiger partial charge in [-0.3, -0.25) is 4.79 Å². The summed E-state index contributed by atoms with van der Waals surface area (Å²) < 4.78 is 0. The summed E-state index contributed by atoms with van der Waals surface area (Å²) in [5, 5.41) is 16.9. The summed E-state index contributed by atoms with van der Waals surface area (Å²) in [5.41, 5.74) is -0.0984. The van der Waals surface area contributed by atoms with E-state index in [1.165, 1.54) is 0 Å². The highest BCUT2D eigenvalue weighted by molar-refractivity contribution is 5.72. The predicted molar refractivity (Wildman–Crippen MR) is 40.8 cm³/mol. The van der Waals surface area contributed by atoms with E-state index in [0.717, 1.165) is 0 Å². The Morgan fingerprint density at radius 1 is 1.64 bits per heavy atom. The summed E-state index contributed by atoms with van der Waals surface area (Å²) in [4.78, 5) is 10.4. The molecule has 0 aromatic carbocycles. The van der Waals surface area contributed by atoms with Crippen molar-refractivity contribution < 1.29 is 9.90 Å². The maximum atomic E-state index is 10.4. The summed E-state index contributed by atoms with van der Waals surface area (Å²) in [6, 6.07) is 1.76. The topological polar surface area (TPSA) is 61.1 Å². The maximum absolute atomic E-state index is 10.4. The Kier molecular flexibility index (Phi) is 3.06. The molecule has 0 rings (SSSR count). The Labute approximate surface area is 66.6 Å². The second kappa shape index (κ2) is 3.38. The molecule has 0 aromatic rings. The Morgan fingerprint density at radius 3 is 2.18 bits per heavy atom. The Morgan fingerprint density at radius 2 is 2.09 bits per heavy atom. The van der Waals surface area contributed by atoms with Gasteiger partial charge in [0.15, 0.2) is 0 Å². The zero-order valence-electron chi connectivity index (χ0n) is 7.09. The normalized spacial score (nSPS) is 13.6. The number of aliphatic carboxylic acids is 1. The molecular formula is C8H13NO2. The summed E-state index contributed by atoms with van der Waals surface area (Å²) in [6.07, 6.45) is 0.402. The van der Waals surface area contributed by atoms with Crippen LogP contribution < -0.4 is 0 Å². The van der Waals surface area contributed by atoms with Gasteiger partial charge in [0.2, 0.25) is 0 Å². The minimum Gasteiger partial charge on any atom is -0.480 e. The van der Waals surface area contributed by atoms with Crippen LogP contribution in [0.2, 0.25) is 0 Å². The molecule has 11 heavy (non-hydrogen) atoms. The van der Waals surface area contributed by atoms with E-state index in [-0.39, 0.29) is 5.41 Å². The molecule has 0 aliphatic rings. The molecule has 1 atom stereocenters. The van der Waals surface area contributed by atoms with Gasteiger partial charge in [0.05, 0.1) is 6.07 Å². The molecule has 62 valence electrons. The number of hydrogen-bond acceptors (Lipinski definition) is 2. The Bertz CT molecular complexity index is 185. The average molecular weight is 155 g/mol. The Hall–Kier alpha value is -1.04. The SMILES string of the molecule is CC(C)(C)CC(C#N)C(=O)O. The zero-order valence-corrected chi connectivity index (χ0v) is 7.09. The molecule has 0 bridgehead atoms. The minimum absolute atomic E-state index is 0.0984. The third-order valence-corrected chi connectivity index (χ3v) is 1.27. The fourth-order valence-electron chi connectivity index (χ4n) is 0.801. The lowest BCUT2D eigenvalue weighted by atomic mass is 9.85. The lowest BCUT2D eigenvalue weighted by molar-refractivity contribution is -0.140. The van der Waals surface area contributed by atoms with Crippen LogP contribution in [0.25, 0.3) is 0 Å². The van der Waals surface area contributed by atoms with Gasteiger partial charge in [-0.05, 0) is 11.8 Å². The van der Waals surface area contributed by atoms with Crippen molar-refractivity contribution in [3.8, 4) is 6.07 Å². The minimum atomic E-state index is -1.03. The van der Waals surface area contributed by atoms with Crippen LogP contribution in [0.1, 0.15) is 27.2 Å². The lowest BCUT2D eigenvalue weighted by Gasteiger charge is -2.18. The molecule has 0 fully saturated rings. The van der Waals surface area contributed by atoms with Crippen LogP contribution in [-0.4, -0.2) is 11.1 Å². The van der Waals surface area contributed by atoms with Crippen molar-refractivity contribution >= 4 is 5.97 Å². The molecule has 0 amide bonds. The third-order valence-electron chi connectivity index (χ3n) is 1.27. The highest BCUT2D eigenvalue weighted by Crippen LogP contribution is 2.23. The molecule has 1 N–H and O–H groups in total. The van der Waals surface area contributed by atoms with Crippen LogP contribution >= 0.6 is 0 Å². The van der Waals surface area contributed by atoms with Gasteiger partial charge < -0.3 is 5.11 Å². The monoisotopic (exact) mass is 155 g/mol. The van der Waals surface area contributed by atoms with E-state index >= 15 is 0 Å². The van der Waals surface area contributed by atoms with Crippen molar-refractivity contribution in [3.63, 3.8) is 0 Å². The van der Waals surface area contributed by atoms with Crippen molar-refractivity contribution in [2.75, 3.05) is 0 Å². The van der Waals surface area contributed by atoms with E-state index in [0.29, 0.717) is 6.42 Å². The van der Waals surface area contributed by atoms with Crippen LogP contribution in [0.15, 0.2) is 0 Å². The molecule has 0 spiro atoms. The standard InChI is InChI=1S/C8H13NO2/c1-8(2,3)4-6(5-9)7(10)11/h6H,4H2,1-3H3,(H,10,11). The second-order valence-corrected chi connectivity index (χ2v) is 3.78. The first kappa shape index (κ1) is 9.96. The predicted octanol–water partition coefficient (Wildman–Crippen LogP) is 1.65. The first-order valence-electron chi connectivity index (χ1n) is 3.49. The molecule has 0 aliphatic heterocycles. The van der Waals surface area contributed by atoms with Crippen LogP contribution in [0.3, 0.4) is 0 Å². The van der Waals surface area contributed by atoms with E-state index in [1.54, 1.807) is 6.07 Å². The van der Waals surface area contributed by atoms with Gasteiger partial charge in [-0.2, -0.15) is 5.26 Å². The van der Waals surface area contributed by atoms with Gasteiger partial charge in [0, 0.05) is 0 Å². The van der Waals surface area contributed by atoms with Crippen molar-refractivity contribution in [2.45, 2.75) is 27.2 Å². The summed E-state index contributed by atoms with van der Waals surface area (Å²) in [7, 11) is 0. The van der Waals surface area contributed by atoms with Gasteiger partial charge in [-0.25, -0.2) is 0 Å². The fourth-order valence-corrected chi connectivity index (χ4v) is 0.801. The molecule has 0 aliphatic carbocycles. The molecule has 3 nitrogen and oxygen atoms in total. The molecule has 0 saturated carbocycles. The van der Waals surface area contributed by atoms with Gasteiger partial charge >= 0.3 is 5.97 Å². The average Bonchev–Trinajstić information content (AvgIpc) is 1.80. The summed E-state index contributed by atoms with van der Waals surface area (Å²) >= 11 is 0. The molecule has 0 saturated heterocycles. The molecule has 0 aromatic heterocycles. The quantitative estimate of drug-likeness (QED) is 0.659. The number of rotatable bonds is 2. The first-order valence-corrected chi connectivity index (χ1v) is 3.49. The van der Waals surface area contributed by atoms with Crippen molar-refractivity contribution in [1.82, 2.24) is 0 Å². The number of nitriles is 1. The Balaban J connectivity index is 4.13. The van der Waals surface area contributed by atoms with E-state index in [9.17, 15) is 4.79 Å². The van der Waals surface area contributed by atoms with Gasteiger partial charge in [0.25, 0.3) is 0 Å². The lowest BCUT2D eigenvalue weighted by Crippen LogP contribution is -2.19. The van der Waals surface area contributed by atoms with Crippen molar-refractivity contribution in [1.29, 1.82) is 5.26 Å². The number of carboxylic acids is 1. The molecule has 0 radical (unpaired) electrons. The molecule has 0 heterocycles. The third kappa shape index (κ3) is 4.38.